The minimum absolute atomic E-state index is 0.323. The molecular formula is C12H11ClN4O. The number of rotatable bonds is 2. The zero-order chi connectivity index (χ0) is 13.0. The molecule has 0 saturated heterocycles. The van der Waals surface area contributed by atoms with Crippen molar-refractivity contribution in [3.8, 4) is 0 Å². The molecule has 0 unspecified atom stereocenters. The third-order valence-electron chi connectivity index (χ3n) is 2.17. The van der Waals surface area contributed by atoms with Crippen LogP contribution in [0.3, 0.4) is 0 Å². The third kappa shape index (κ3) is 3.11. The van der Waals surface area contributed by atoms with Gasteiger partial charge in [-0.15, -0.1) is 0 Å². The fourth-order valence-corrected chi connectivity index (χ4v) is 1.45. The van der Waals surface area contributed by atoms with Gasteiger partial charge in [-0.05, 0) is 36.4 Å². The summed E-state index contributed by atoms with van der Waals surface area (Å²) in [5, 5.41) is 5.80. The number of nitrogens with two attached hydrogens (primary N) is 1. The van der Waals surface area contributed by atoms with Gasteiger partial charge < -0.3 is 11.1 Å². The number of amides is 2. The van der Waals surface area contributed by atoms with Crippen LogP contribution in [0.4, 0.5) is 22.0 Å². The molecule has 4 N–H and O–H groups in total. The van der Waals surface area contributed by atoms with E-state index in [4.69, 9.17) is 17.3 Å². The van der Waals surface area contributed by atoms with E-state index in [9.17, 15) is 4.79 Å². The Labute approximate surface area is 109 Å². The Hall–Kier alpha value is -2.27. The van der Waals surface area contributed by atoms with Crippen molar-refractivity contribution in [3.63, 3.8) is 0 Å². The Kier molecular flexibility index (Phi) is 3.64. The van der Waals surface area contributed by atoms with Gasteiger partial charge in [0.1, 0.15) is 0 Å². The van der Waals surface area contributed by atoms with Crippen LogP contribution in [0.5, 0.6) is 0 Å². The standard InChI is InChI=1S/C12H11ClN4O/c13-8-3-5-9(6-4-8)16-12(18)17-11-10(14)2-1-7-15-11/h1-7H,14H2,(H2,15,16,17,18). The van der Waals surface area contributed by atoms with Gasteiger partial charge in [-0.2, -0.15) is 0 Å². The van der Waals surface area contributed by atoms with Gasteiger partial charge in [0.25, 0.3) is 0 Å². The molecule has 0 aliphatic rings. The lowest BCUT2D eigenvalue weighted by atomic mass is 10.3. The monoisotopic (exact) mass is 262 g/mol. The molecule has 0 spiro atoms. The summed E-state index contributed by atoms with van der Waals surface area (Å²) in [4.78, 5) is 15.6. The number of carbonyl (C=O) groups excluding carboxylic acids is 1. The zero-order valence-electron chi connectivity index (χ0n) is 9.35. The molecule has 0 fully saturated rings. The second-order valence-electron chi connectivity index (χ2n) is 3.53. The van der Waals surface area contributed by atoms with Crippen LogP contribution in [-0.2, 0) is 0 Å². The van der Waals surface area contributed by atoms with E-state index >= 15 is 0 Å². The van der Waals surface area contributed by atoms with Crippen molar-refractivity contribution in [2.45, 2.75) is 0 Å². The number of nitrogens with one attached hydrogen (secondary N) is 2. The van der Waals surface area contributed by atoms with E-state index in [-0.39, 0.29) is 0 Å². The summed E-state index contributed by atoms with van der Waals surface area (Å²) in [5.41, 5.74) is 6.70. The highest BCUT2D eigenvalue weighted by Gasteiger charge is 2.05. The number of urea groups is 1. The number of pyridine rings is 1. The molecule has 2 aromatic rings. The first-order valence-electron chi connectivity index (χ1n) is 5.19. The summed E-state index contributed by atoms with van der Waals surface area (Å²) in [5.74, 6) is 0.323. The normalized spacial score (nSPS) is 9.83. The van der Waals surface area contributed by atoms with Gasteiger partial charge in [-0.1, -0.05) is 11.6 Å². The Morgan fingerprint density at radius 3 is 2.56 bits per heavy atom. The molecule has 1 heterocycles. The molecule has 0 bridgehead atoms. The fourth-order valence-electron chi connectivity index (χ4n) is 1.33. The number of nitrogen functional groups attached to an aromatic ring is 1. The summed E-state index contributed by atoms with van der Waals surface area (Å²) in [7, 11) is 0. The number of aromatic nitrogens is 1. The quantitative estimate of drug-likeness (QED) is 0.778. The summed E-state index contributed by atoms with van der Waals surface area (Å²) < 4.78 is 0. The molecule has 5 nitrogen and oxygen atoms in total. The maximum atomic E-state index is 11.7. The van der Waals surface area contributed by atoms with Crippen LogP contribution in [0.25, 0.3) is 0 Å². The molecule has 0 saturated carbocycles. The first kappa shape index (κ1) is 12.2. The summed E-state index contributed by atoms with van der Waals surface area (Å²) >= 11 is 5.74. The molecule has 2 amide bonds. The highest BCUT2D eigenvalue weighted by molar-refractivity contribution is 6.30. The minimum Gasteiger partial charge on any atom is -0.396 e. The van der Waals surface area contributed by atoms with Crippen LogP contribution in [-0.4, -0.2) is 11.0 Å². The number of halogens is 1. The number of hydrogen-bond donors (Lipinski definition) is 3. The van der Waals surface area contributed by atoms with Gasteiger partial charge in [0, 0.05) is 16.9 Å². The molecule has 0 aliphatic carbocycles. The van der Waals surface area contributed by atoms with E-state index in [2.05, 4.69) is 15.6 Å². The Balaban J connectivity index is 2.01. The van der Waals surface area contributed by atoms with Crippen molar-refractivity contribution in [2.24, 2.45) is 0 Å². The summed E-state index contributed by atoms with van der Waals surface area (Å²) in [6.07, 6.45) is 1.55. The molecule has 1 aromatic carbocycles. The minimum atomic E-state index is -0.414. The average Bonchev–Trinajstić information content (AvgIpc) is 2.35. The first-order chi connectivity index (χ1) is 8.65. The molecule has 1 aromatic heterocycles. The SMILES string of the molecule is Nc1cccnc1NC(=O)Nc1ccc(Cl)cc1. The smallest absolute Gasteiger partial charge is 0.324 e. The molecular weight excluding hydrogens is 252 g/mol. The molecule has 92 valence electrons. The second kappa shape index (κ2) is 5.37. The Morgan fingerprint density at radius 1 is 1.17 bits per heavy atom. The maximum Gasteiger partial charge on any atom is 0.324 e. The van der Waals surface area contributed by atoms with Crippen LogP contribution in [0, 0.1) is 0 Å². The second-order valence-corrected chi connectivity index (χ2v) is 3.96. The maximum absolute atomic E-state index is 11.7. The van der Waals surface area contributed by atoms with Crippen LogP contribution in [0.1, 0.15) is 0 Å². The highest BCUT2D eigenvalue weighted by atomic mass is 35.5. The predicted octanol–water partition coefficient (Wildman–Crippen LogP) is 2.96. The van der Waals surface area contributed by atoms with E-state index in [0.29, 0.717) is 22.2 Å². The lowest BCUT2D eigenvalue weighted by Gasteiger charge is -2.08. The van der Waals surface area contributed by atoms with Crippen molar-refractivity contribution in [1.82, 2.24) is 4.98 Å². The van der Waals surface area contributed by atoms with Crippen molar-refractivity contribution >= 4 is 34.8 Å². The van der Waals surface area contributed by atoms with Crippen molar-refractivity contribution < 1.29 is 4.79 Å². The Morgan fingerprint density at radius 2 is 1.89 bits per heavy atom. The molecule has 0 radical (unpaired) electrons. The number of benzene rings is 1. The molecule has 18 heavy (non-hydrogen) atoms. The summed E-state index contributed by atoms with van der Waals surface area (Å²) in [6.45, 7) is 0. The van der Waals surface area contributed by atoms with E-state index in [0.717, 1.165) is 0 Å². The van der Waals surface area contributed by atoms with Crippen LogP contribution < -0.4 is 16.4 Å². The number of hydrogen-bond acceptors (Lipinski definition) is 3. The van der Waals surface area contributed by atoms with Gasteiger partial charge in [-0.25, -0.2) is 9.78 Å². The third-order valence-corrected chi connectivity index (χ3v) is 2.42. The van der Waals surface area contributed by atoms with Crippen molar-refractivity contribution in [3.05, 3.63) is 47.6 Å². The average molecular weight is 263 g/mol. The molecule has 2 rings (SSSR count). The van der Waals surface area contributed by atoms with Gasteiger partial charge >= 0.3 is 6.03 Å². The van der Waals surface area contributed by atoms with E-state index < -0.39 is 6.03 Å². The van der Waals surface area contributed by atoms with Gasteiger partial charge in [0.2, 0.25) is 0 Å². The largest absolute Gasteiger partial charge is 0.396 e. The van der Waals surface area contributed by atoms with Crippen molar-refractivity contribution in [1.29, 1.82) is 0 Å². The van der Waals surface area contributed by atoms with Gasteiger partial charge in [-0.3, -0.25) is 5.32 Å². The van der Waals surface area contributed by atoms with Crippen LogP contribution in [0.2, 0.25) is 5.02 Å². The fraction of sp³-hybridized carbons (Fsp3) is 0. The summed E-state index contributed by atoms with van der Waals surface area (Å²) in [6, 6.07) is 9.71. The van der Waals surface area contributed by atoms with E-state index in [1.54, 1.807) is 42.6 Å². The van der Waals surface area contributed by atoms with Crippen LogP contribution >= 0.6 is 11.6 Å². The van der Waals surface area contributed by atoms with E-state index in [1.165, 1.54) is 0 Å². The molecule has 6 heteroatoms. The van der Waals surface area contributed by atoms with Crippen LogP contribution in [0.15, 0.2) is 42.6 Å². The predicted molar refractivity (Wildman–Crippen MR) is 72.7 cm³/mol. The first-order valence-corrected chi connectivity index (χ1v) is 5.57. The Bertz CT molecular complexity index is 556. The molecule has 0 atom stereocenters. The van der Waals surface area contributed by atoms with Gasteiger partial charge in [0.15, 0.2) is 5.82 Å². The lowest BCUT2D eigenvalue weighted by molar-refractivity contribution is 0.262. The zero-order valence-corrected chi connectivity index (χ0v) is 10.1. The van der Waals surface area contributed by atoms with Crippen molar-refractivity contribution in [2.75, 3.05) is 16.4 Å². The van der Waals surface area contributed by atoms with E-state index in [1.807, 2.05) is 0 Å². The number of carbonyl (C=O) groups is 1. The highest BCUT2D eigenvalue weighted by Crippen LogP contribution is 2.15. The lowest BCUT2D eigenvalue weighted by Crippen LogP contribution is -2.20. The van der Waals surface area contributed by atoms with Gasteiger partial charge in [0.05, 0.1) is 5.69 Å². The molecule has 0 aliphatic heterocycles. The number of anilines is 3. The topological polar surface area (TPSA) is 80.0 Å². The number of nitrogens with zero attached hydrogens (tertiary/aromatic N) is 1.